The smallest absolute Gasteiger partial charge is 0.338 e. The molecule has 0 radical (unpaired) electrons. The number of carbonyl (C=O) groups excluding carboxylic acids is 1. The molecule has 0 amide bonds. The van der Waals surface area contributed by atoms with Crippen LogP contribution < -0.4 is 0 Å². The molecule has 2 unspecified atom stereocenters. The van der Waals surface area contributed by atoms with Crippen LogP contribution >= 0.6 is 0 Å². The van der Waals surface area contributed by atoms with E-state index in [0.29, 0.717) is 18.1 Å². The molecule has 29 heavy (non-hydrogen) atoms. The maximum absolute atomic E-state index is 12.4. The standard InChI is InChI=1S/C26H31NO2/c1-5-6-7-25(17-27)23-12-14-24(15-13-23)26(28)29-18-20(4)22-10-8-21(9-11-22)16-19(2)3/h5,8-15,19-20,25H,1,6-7,16,18H2,2-4H3. The second kappa shape index (κ2) is 11.2. The molecule has 0 aromatic heterocycles. The lowest BCUT2D eigenvalue weighted by molar-refractivity contribution is 0.0485. The normalized spacial score (nSPS) is 12.8. The number of ether oxygens (including phenoxy) is 1. The Hall–Kier alpha value is -2.86. The van der Waals surface area contributed by atoms with Crippen LogP contribution in [0.2, 0.25) is 0 Å². The molecule has 0 bridgehead atoms. The van der Waals surface area contributed by atoms with Gasteiger partial charge in [0.2, 0.25) is 0 Å². The summed E-state index contributed by atoms with van der Waals surface area (Å²) < 4.78 is 5.51. The molecule has 2 aromatic rings. The van der Waals surface area contributed by atoms with E-state index in [1.807, 2.05) is 18.2 Å². The number of rotatable bonds is 10. The third kappa shape index (κ3) is 6.91. The molecule has 0 aliphatic carbocycles. The van der Waals surface area contributed by atoms with Crippen LogP contribution in [-0.4, -0.2) is 12.6 Å². The zero-order valence-corrected chi connectivity index (χ0v) is 17.7. The molecular weight excluding hydrogens is 358 g/mol. The molecule has 3 nitrogen and oxygen atoms in total. The van der Waals surface area contributed by atoms with Gasteiger partial charge in [-0.3, -0.25) is 0 Å². The van der Waals surface area contributed by atoms with Gasteiger partial charge in [-0.1, -0.05) is 63.2 Å². The van der Waals surface area contributed by atoms with Crippen LogP contribution in [0, 0.1) is 17.2 Å². The maximum Gasteiger partial charge on any atom is 0.338 e. The monoisotopic (exact) mass is 389 g/mol. The van der Waals surface area contributed by atoms with E-state index in [1.54, 1.807) is 12.1 Å². The van der Waals surface area contributed by atoms with Crippen molar-refractivity contribution >= 4 is 5.97 Å². The van der Waals surface area contributed by atoms with Crippen LogP contribution in [0.25, 0.3) is 0 Å². The van der Waals surface area contributed by atoms with Crippen molar-refractivity contribution in [3.8, 4) is 6.07 Å². The van der Waals surface area contributed by atoms with E-state index in [-0.39, 0.29) is 17.8 Å². The van der Waals surface area contributed by atoms with Crippen molar-refractivity contribution in [2.24, 2.45) is 5.92 Å². The Balaban J connectivity index is 1.91. The average molecular weight is 390 g/mol. The minimum absolute atomic E-state index is 0.133. The van der Waals surface area contributed by atoms with Crippen LogP contribution in [0.1, 0.15) is 72.5 Å². The van der Waals surface area contributed by atoms with Gasteiger partial charge < -0.3 is 4.74 Å². The number of carbonyl (C=O) groups is 1. The summed E-state index contributed by atoms with van der Waals surface area (Å²) >= 11 is 0. The van der Waals surface area contributed by atoms with Crippen molar-refractivity contribution < 1.29 is 9.53 Å². The quantitative estimate of drug-likeness (QED) is 0.348. The molecule has 0 saturated heterocycles. The van der Waals surface area contributed by atoms with Crippen molar-refractivity contribution in [3.63, 3.8) is 0 Å². The van der Waals surface area contributed by atoms with Crippen molar-refractivity contribution in [1.29, 1.82) is 5.26 Å². The molecule has 0 spiro atoms. The molecule has 0 saturated carbocycles. The third-order valence-corrected chi connectivity index (χ3v) is 5.02. The highest BCUT2D eigenvalue weighted by atomic mass is 16.5. The fourth-order valence-electron chi connectivity index (χ4n) is 3.28. The number of nitriles is 1. The van der Waals surface area contributed by atoms with Crippen LogP contribution in [0.5, 0.6) is 0 Å². The first-order valence-corrected chi connectivity index (χ1v) is 10.3. The molecule has 0 aliphatic rings. The molecule has 152 valence electrons. The molecule has 2 atom stereocenters. The molecular formula is C26H31NO2. The third-order valence-electron chi connectivity index (χ3n) is 5.02. The summed E-state index contributed by atoms with van der Waals surface area (Å²) in [5.41, 5.74) is 3.92. The van der Waals surface area contributed by atoms with Crippen molar-refractivity contribution in [1.82, 2.24) is 0 Å². The van der Waals surface area contributed by atoms with Gasteiger partial charge in [0.25, 0.3) is 0 Å². The zero-order valence-electron chi connectivity index (χ0n) is 17.7. The van der Waals surface area contributed by atoms with Crippen LogP contribution in [0.3, 0.4) is 0 Å². The molecule has 2 rings (SSSR count). The van der Waals surface area contributed by atoms with E-state index in [0.717, 1.165) is 24.8 Å². The summed E-state index contributed by atoms with van der Waals surface area (Å²) in [5, 5.41) is 9.32. The lowest BCUT2D eigenvalue weighted by atomic mass is 9.95. The Bertz CT molecular complexity index is 829. The summed E-state index contributed by atoms with van der Waals surface area (Å²) in [4.78, 5) is 12.4. The first kappa shape index (κ1) is 22.4. The lowest BCUT2D eigenvalue weighted by Gasteiger charge is -2.14. The highest BCUT2D eigenvalue weighted by molar-refractivity contribution is 5.89. The summed E-state index contributed by atoms with van der Waals surface area (Å²) in [6.07, 6.45) is 4.41. The van der Waals surface area contributed by atoms with E-state index >= 15 is 0 Å². The fraction of sp³-hybridized carbons (Fsp3) is 0.385. The highest BCUT2D eigenvalue weighted by Gasteiger charge is 2.14. The van der Waals surface area contributed by atoms with Gasteiger partial charge in [0.05, 0.1) is 24.2 Å². The van der Waals surface area contributed by atoms with E-state index < -0.39 is 0 Å². The number of esters is 1. The van der Waals surface area contributed by atoms with Crippen LogP contribution in [0.15, 0.2) is 61.2 Å². The topological polar surface area (TPSA) is 50.1 Å². The lowest BCUT2D eigenvalue weighted by Crippen LogP contribution is -2.11. The average Bonchev–Trinajstić information content (AvgIpc) is 2.73. The number of benzene rings is 2. The summed E-state index contributed by atoms with van der Waals surface area (Å²) in [7, 11) is 0. The van der Waals surface area contributed by atoms with E-state index in [9.17, 15) is 10.1 Å². The minimum Gasteiger partial charge on any atom is -0.461 e. The van der Waals surface area contributed by atoms with E-state index in [1.165, 1.54) is 11.1 Å². The fourth-order valence-corrected chi connectivity index (χ4v) is 3.28. The van der Waals surface area contributed by atoms with Gasteiger partial charge in [0.15, 0.2) is 0 Å². The highest BCUT2D eigenvalue weighted by Crippen LogP contribution is 2.22. The number of hydrogen-bond donors (Lipinski definition) is 0. The summed E-state index contributed by atoms with van der Waals surface area (Å²) in [6, 6.07) is 18.0. The Morgan fingerprint density at radius 2 is 1.69 bits per heavy atom. The molecule has 0 aliphatic heterocycles. The zero-order chi connectivity index (χ0) is 21.2. The van der Waals surface area contributed by atoms with Gasteiger partial charge in [-0.25, -0.2) is 4.79 Å². The Morgan fingerprint density at radius 3 is 2.24 bits per heavy atom. The first-order valence-electron chi connectivity index (χ1n) is 10.3. The van der Waals surface area contributed by atoms with Gasteiger partial charge in [-0.2, -0.15) is 5.26 Å². The van der Waals surface area contributed by atoms with Gasteiger partial charge in [-0.15, -0.1) is 6.58 Å². The Labute approximate surface area is 175 Å². The molecule has 2 aromatic carbocycles. The van der Waals surface area contributed by atoms with Gasteiger partial charge in [0, 0.05) is 5.92 Å². The molecule has 0 fully saturated rings. The molecule has 3 heteroatoms. The number of hydrogen-bond acceptors (Lipinski definition) is 3. The Kier molecular flexibility index (Phi) is 8.68. The van der Waals surface area contributed by atoms with Gasteiger partial charge >= 0.3 is 5.97 Å². The first-order chi connectivity index (χ1) is 13.9. The summed E-state index contributed by atoms with van der Waals surface area (Å²) in [5.74, 6) is 0.250. The maximum atomic E-state index is 12.4. The van der Waals surface area contributed by atoms with E-state index in [4.69, 9.17) is 4.74 Å². The minimum atomic E-state index is -0.334. The van der Waals surface area contributed by atoms with Gasteiger partial charge in [0.1, 0.15) is 0 Å². The second-order valence-electron chi connectivity index (χ2n) is 8.01. The summed E-state index contributed by atoms with van der Waals surface area (Å²) in [6.45, 7) is 10.5. The number of allylic oxidation sites excluding steroid dienone is 1. The van der Waals surface area contributed by atoms with E-state index in [2.05, 4.69) is 57.7 Å². The predicted molar refractivity (Wildman–Crippen MR) is 118 cm³/mol. The van der Waals surface area contributed by atoms with Crippen molar-refractivity contribution in [2.45, 2.75) is 51.9 Å². The van der Waals surface area contributed by atoms with Crippen LogP contribution in [0.4, 0.5) is 0 Å². The predicted octanol–water partition coefficient (Wildman–Crippen LogP) is 6.42. The number of nitrogens with zero attached hydrogens (tertiary/aromatic N) is 1. The van der Waals surface area contributed by atoms with Crippen molar-refractivity contribution in [3.05, 3.63) is 83.4 Å². The second-order valence-corrected chi connectivity index (χ2v) is 8.01. The van der Waals surface area contributed by atoms with Gasteiger partial charge in [-0.05, 0) is 54.0 Å². The molecule has 0 N–H and O–H groups in total. The molecule has 0 heterocycles. The largest absolute Gasteiger partial charge is 0.461 e. The van der Waals surface area contributed by atoms with Crippen LogP contribution in [-0.2, 0) is 11.2 Å². The SMILES string of the molecule is C=CCCC(C#N)c1ccc(C(=O)OCC(C)c2ccc(CC(C)C)cc2)cc1. The Morgan fingerprint density at radius 1 is 1.07 bits per heavy atom. The van der Waals surface area contributed by atoms with Crippen molar-refractivity contribution in [2.75, 3.05) is 6.61 Å².